The van der Waals surface area contributed by atoms with Crippen LogP contribution in [0.4, 0.5) is 5.82 Å². The highest BCUT2D eigenvalue weighted by Crippen LogP contribution is 2.48. The summed E-state index contributed by atoms with van der Waals surface area (Å²) < 4.78 is 1.83. The number of rotatable bonds is 13. The van der Waals surface area contributed by atoms with E-state index < -0.39 is 18.1 Å². The Kier molecular flexibility index (Phi) is 8.87. The summed E-state index contributed by atoms with van der Waals surface area (Å²) >= 11 is 1.61. The summed E-state index contributed by atoms with van der Waals surface area (Å²) in [6.45, 7) is 2.01. The number of carbonyl (C=O) groups is 1. The first-order valence-electron chi connectivity index (χ1n) is 15.0. The second-order valence-electron chi connectivity index (χ2n) is 11.6. The molecule has 4 N–H and O–H groups in total. The number of nitrogens with zero attached hydrogens (tertiary/aromatic N) is 6. The largest absolute Gasteiger partial charge is 0.394 e. The average Bonchev–Trinajstić information content (AvgIpc) is 3.46. The molecular weight excluding hydrogens is 564 g/mol. The third-order valence-electron chi connectivity index (χ3n) is 8.48. The second-order valence-corrected chi connectivity index (χ2v) is 12.7. The van der Waals surface area contributed by atoms with E-state index in [1.807, 2.05) is 28.9 Å². The van der Waals surface area contributed by atoms with Crippen molar-refractivity contribution in [2.45, 2.75) is 81.3 Å². The van der Waals surface area contributed by atoms with E-state index in [2.05, 4.69) is 57.1 Å². The summed E-state index contributed by atoms with van der Waals surface area (Å²) in [6, 6.07) is 16.2. The van der Waals surface area contributed by atoms with E-state index in [4.69, 9.17) is 9.97 Å². The molecule has 12 heteroatoms. The predicted molar refractivity (Wildman–Crippen MR) is 164 cm³/mol. The number of anilines is 1. The topological polar surface area (TPSA) is 151 Å². The molecule has 0 saturated heterocycles. The fraction of sp³-hybridized carbons (Fsp3) is 0.484. The molecule has 5 atom stereocenters. The number of aliphatic hydroxyl groups excluding tert-OH is 2. The van der Waals surface area contributed by atoms with Crippen LogP contribution in [-0.4, -0.2) is 70.6 Å². The SMILES string of the molecule is CCCSc1nc(NC2CC2c2ccccc2)c2nnn(C3CCC(CC(O)CO)(C(=O)NCc4ccccn4)C3)c2n1. The van der Waals surface area contributed by atoms with Crippen molar-refractivity contribution in [2.24, 2.45) is 5.41 Å². The van der Waals surface area contributed by atoms with Crippen LogP contribution >= 0.6 is 11.8 Å². The molecule has 4 aromatic rings. The van der Waals surface area contributed by atoms with Gasteiger partial charge in [0.25, 0.3) is 0 Å². The summed E-state index contributed by atoms with van der Waals surface area (Å²) in [4.78, 5) is 27.7. The van der Waals surface area contributed by atoms with Crippen LogP contribution in [0.15, 0.2) is 59.9 Å². The molecule has 2 aliphatic rings. The van der Waals surface area contributed by atoms with Gasteiger partial charge in [-0.25, -0.2) is 14.6 Å². The molecular formula is C31H38N8O3S. The van der Waals surface area contributed by atoms with Crippen LogP contribution in [0.1, 0.15) is 68.7 Å². The normalized spacial score (nSPS) is 23.7. The van der Waals surface area contributed by atoms with E-state index in [9.17, 15) is 15.0 Å². The lowest BCUT2D eigenvalue weighted by molar-refractivity contribution is -0.133. The van der Waals surface area contributed by atoms with E-state index in [0.29, 0.717) is 53.9 Å². The van der Waals surface area contributed by atoms with Crippen LogP contribution in [0, 0.1) is 5.41 Å². The summed E-state index contributed by atoms with van der Waals surface area (Å²) in [7, 11) is 0. The molecule has 43 heavy (non-hydrogen) atoms. The molecule has 2 saturated carbocycles. The molecule has 6 rings (SSSR count). The summed E-state index contributed by atoms with van der Waals surface area (Å²) in [5, 5.41) is 36.5. The van der Waals surface area contributed by atoms with Gasteiger partial charge in [0.05, 0.1) is 36.4 Å². The minimum atomic E-state index is -1.00. The quantitative estimate of drug-likeness (QED) is 0.131. The molecule has 226 valence electrons. The number of benzene rings is 1. The van der Waals surface area contributed by atoms with Gasteiger partial charge in [0, 0.05) is 23.9 Å². The van der Waals surface area contributed by atoms with Crippen LogP contribution in [0.25, 0.3) is 11.2 Å². The van der Waals surface area contributed by atoms with E-state index in [1.54, 1.807) is 18.0 Å². The lowest BCUT2D eigenvalue weighted by Gasteiger charge is -2.30. The first kappa shape index (κ1) is 29.5. The Balaban J connectivity index is 1.25. The van der Waals surface area contributed by atoms with Crippen LogP contribution in [0.2, 0.25) is 0 Å². The van der Waals surface area contributed by atoms with Gasteiger partial charge in [-0.2, -0.15) is 0 Å². The smallest absolute Gasteiger partial charge is 0.226 e. The van der Waals surface area contributed by atoms with Crippen molar-refractivity contribution in [3.05, 3.63) is 66.0 Å². The van der Waals surface area contributed by atoms with E-state index in [0.717, 1.165) is 24.3 Å². The van der Waals surface area contributed by atoms with Crippen molar-refractivity contribution < 1.29 is 15.0 Å². The molecule has 1 amide bonds. The highest BCUT2D eigenvalue weighted by molar-refractivity contribution is 7.99. The van der Waals surface area contributed by atoms with Gasteiger partial charge < -0.3 is 20.8 Å². The van der Waals surface area contributed by atoms with Crippen molar-refractivity contribution >= 4 is 34.7 Å². The second kappa shape index (κ2) is 12.9. The molecule has 0 aliphatic heterocycles. The number of pyridine rings is 1. The maximum atomic E-state index is 13.7. The Hall–Kier alpha value is -3.61. The van der Waals surface area contributed by atoms with Crippen LogP contribution in [0.3, 0.4) is 0 Å². The van der Waals surface area contributed by atoms with Crippen molar-refractivity contribution in [1.29, 1.82) is 0 Å². The van der Waals surface area contributed by atoms with Gasteiger partial charge in [0.1, 0.15) is 0 Å². The number of nitrogens with one attached hydrogen (secondary N) is 2. The fourth-order valence-corrected chi connectivity index (χ4v) is 6.87. The van der Waals surface area contributed by atoms with E-state index in [1.165, 1.54) is 5.56 Å². The van der Waals surface area contributed by atoms with Crippen molar-refractivity contribution in [3.8, 4) is 0 Å². The molecule has 0 bridgehead atoms. The maximum Gasteiger partial charge on any atom is 0.226 e. The minimum Gasteiger partial charge on any atom is -0.394 e. The molecule has 2 aliphatic carbocycles. The van der Waals surface area contributed by atoms with Crippen LogP contribution in [-0.2, 0) is 11.3 Å². The Bertz CT molecular complexity index is 1540. The van der Waals surface area contributed by atoms with Gasteiger partial charge in [0.15, 0.2) is 22.1 Å². The molecule has 0 spiro atoms. The fourth-order valence-electron chi connectivity index (χ4n) is 6.18. The highest BCUT2D eigenvalue weighted by Gasteiger charge is 2.48. The Morgan fingerprint density at radius 1 is 1.19 bits per heavy atom. The molecule has 2 fully saturated rings. The number of fused-ring (bicyclic) bond motifs is 1. The standard InChI is InChI=1S/C31H38N8O3S/c1-2-14-43-30-35-27(34-25-15-24(25)20-8-4-3-5-9-20)26-28(36-30)39(38-37-26)22-11-12-31(16-22,17-23(41)19-40)29(42)33-18-21-10-6-7-13-32-21/h3-10,13,22-25,40-41H,2,11-12,14-19H2,1H3,(H,33,42)(H,34,35,36). The average molecular weight is 603 g/mol. The van der Waals surface area contributed by atoms with Crippen molar-refractivity contribution in [3.63, 3.8) is 0 Å². The summed E-state index contributed by atoms with van der Waals surface area (Å²) in [5.74, 6) is 1.84. The first-order chi connectivity index (χ1) is 21.0. The number of amides is 1. The molecule has 3 heterocycles. The number of carbonyl (C=O) groups excluding carboxylic acids is 1. The summed E-state index contributed by atoms with van der Waals surface area (Å²) in [5.41, 5.74) is 2.45. The molecule has 1 aromatic carbocycles. The molecule has 5 unspecified atom stereocenters. The monoisotopic (exact) mass is 602 g/mol. The van der Waals surface area contributed by atoms with E-state index >= 15 is 0 Å². The Morgan fingerprint density at radius 2 is 2.02 bits per heavy atom. The zero-order chi connectivity index (χ0) is 29.8. The summed E-state index contributed by atoms with van der Waals surface area (Å²) in [6.07, 6.45) is 4.51. The third kappa shape index (κ3) is 6.51. The first-order valence-corrected chi connectivity index (χ1v) is 16.0. The molecule has 3 aromatic heterocycles. The number of aromatic nitrogens is 6. The van der Waals surface area contributed by atoms with Crippen molar-refractivity contribution in [1.82, 2.24) is 35.3 Å². The minimum absolute atomic E-state index is 0.152. The van der Waals surface area contributed by atoms with Gasteiger partial charge in [-0.3, -0.25) is 9.78 Å². The Morgan fingerprint density at radius 3 is 2.79 bits per heavy atom. The number of aliphatic hydroxyl groups is 2. The van der Waals surface area contributed by atoms with Gasteiger partial charge in [-0.1, -0.05) is 60.3 Å². The van der Waals surface area contributed by atoms with Crippen LogP contribution < -0.4 is 10.6 Å². The Labute approximate surface area is 254 Å². The maximum absolute atomic E-state index is 13.7. The number of hydrogen-bond acceptors (Lipinski definition) is 10. The zero-order valence-corrected chi connectivity index (χ0v) is 25.1. The van der Waals surface area contributed by atoms with Gasteiger partial charge in [-0.15, -0.1) is 5.10 Å². The predicted octanol–water partition coefficient (Wildman–Crippen LogP) is 3.86. The molecule has 11 nitrogen and oxygen atoms in total. The molecule has 0 radical (unpaired) electrons. The van der Waals surface area contributed by atoms with Gasteiger partial charge >= 0.3 is 0 Å². The number of hydrogen-bond donors (Lipinski definition) is 4. The third-order valence-corrected chi connectivity index (χ3v) is 9.54. The van der Waals surface area contributed by atoms with Crippen LogP contribution in [0.5, 0.6) is 0 Å². The number of thioether (sulfide) groups is 1. The van der Waals surface area contributed by atoms with E-state index in [-0.39, 0.29) is 24.4 Å². The highest BCUT2D eigenvalue weighted by atomic mass is 32.2. The zero-order valence-electron chi connectivity index (χ0n) is 24.3. The van der Waals surface area contributed by atoms with Gasteiger partial charge in [0.2, 0.25) is 5.91 Å². The lowest BCUT2D eigenvalue weighted by Crippen LogP contribution is -2.42. The van der Waals surface area contributed by atoms with Crippen molar-refractivity contribution in [2.75, 3.05) is 17.7 Å². The van der Waals surface area contributed by atoms with Gasteiger partial charge in [-0.05, 0) is 56.2 Å². The lowest BCUT2D eigenvalue weighted by atomic mass is 9.79.